The molecule has 130 valence electrons. The molecule has 26 heavy (non-hydrogen) atoms. The number of urea groups is 1. The number of fused-ring (bicyclic) bond motifs is 1. The van der Waals surface area contributed by atoms with Crippen molar-refractivity contribution in [2.75, 3.05) is 5.32 Å². The number of hydrogen-bond donors (Lipinski definition) is 3. The molecule has 0 atom stereocenters. The number of nitrogens with zero attached hydrogens (tertiary/aromatic N) is 3. The lowest BCUT2D eigenvalue weighted by atomic mass is 10.0. The number of aromatic amines is 1. The maximum absolute atomic E-state index is 12.2. The molecule has 2 heterocycles. The van der Waals surface area contributed by atoms with E-state index in [1.54, 1.807) is 10.9 Å². The molecule has 0 radical (unpaired) electrons. The molecular weight excluding hydrogens is 328 g/mol. The van der Waals surface area contributed by atoms with Crippen LogP contribution in [0.5, 0.6) is 0 Å². The van der Waals surface area contributed by atoms with Crippen LogP contribution in [0.1, 0.15) is 5.56 Å². The van der Waals surface area contributed by atoms with Crippen molar-refractivity contribution in [3.05, 3.63) is 66.6 Å². The van der Waals surface area contributed by atoms with Gasteiger partial charge in [-0.2, -0.15) is 10.2 Å². The van der Waals surface area contributed by atoms with Gasteiger partial charge in [0, 0.05) is 36.4 Å². The number of rotatable bonds is 4. The largest absolute Gasteiger partial charge is 0.334 e. The summed E-state index contributed by atoms with van der Waals surface area (Å²) in [6.45, 7) is 0.421. The van der Waals surface area contributed by atoms with Crippen LogP contribution in [0.2, 0.25) is 0 Å². The van der Waals surface area contributed by atoms with E-state index in [1.807, 2.05) is 61.9 Å². The van der Waals surface area contributed by atoms with Gasteiger partial charge in [-0.1, -0.05) is 24.3 Å². The number of carbonyl (C=O) groups is 1. The maximum Gasteiger partial charge on any atom is 0.319 e. The normalized spacial score (nSPS) is 10.8. The van der Waals surface area contributed by atoms with Crippen molar-refractivity contribution in [1.29, 1.82) is 0 Å². The smallest absolute Gasteiger partial charge is 0.319 e. The number of benzene rings is 2. The summed E-state index contributed by atoms with van der Waals surface area (Å²) >= 11 is 0. The highest BCUT2D eigenvalue weighted by Crippen LogP contribution is 2.23. The Kier molecular flexibility index (Phi) is 4.10. The zero-order valence-corrected chi connectivity index (χ0v) is 14.2. The third-order valence-corrected chi connectivity index (χ3v) is 4.17. The molecule has 4 rings (SSSR count). The number of carbonyl (C=O) groups excluding carboxylic acids is 1. The van der Waals surface area contributed by atoms with E-state index in [1.165, 1.54) is 0 Å². The molecule has 4 aromatic rings. The molecule has 2 amide bonds. The first-order valence-electron chi connectivity index (χ1n) is 8.24. The summed E-state index contributed by atoms with van der Waals surface area (Å²) in [6.07, 6.45) is 5.50. The van der Waals surface area contributed by atoms with Crippen LogP contribution in [0.3, 0.4) is 0 Å². The minimum atomic E-state index is -0.256. The van der Waals surface area contributed by atoms with Gasteiger partial charge in [-0.05, 0) is 29.3 Å². The topological polar surface area (TPSA) is 87.6 Å². The minimum absolute atomic E-state index is 0.256. The van der Waals surface area contributed by atoms with Gasteiger partial charge in [0.05, 0.1) is 17.9 Å². The van der Waals surface area contributed by atoms with E-state index < -0.39 is 0 Å². The van der Waals surface area contributed by atoms with Crippen LogP contribution in [0, 0.1) is 0 Å². The molecule has 7 heteroatoms. The SMILES string of the molecule is Cn1cc(-c2ccccc2CNC(=O)Nc2ccc3[nH]ncc3c2)cn1. The Bertz CT molecular complexity index is 1060. The van der Waals surface area contributed by atoms with E-state index in [-0.39, 0.29) is 6.03 Å². The van der Waals surface area contributed by atoms with Crippen molar-refractivity contribution < 1.29 is 4.79 Å². The van der Waals surface area contributed by atoms with Gasteiger partial charge in [0.2, 0.25) is 0 Å². The van der Waals surface area contributed by atoms with Crippen LogP contribution in [-0.2, 0) is 13.6 Å². The number of anilines is 1. The molecule has 0 spiro atoms. The van der Waals surface area contributed by atoms with Crippen LogP contribution >= 0.6 is 0 Å². The molecule has 2 aromatic carbocycles. The second-order valence-electron chi connectivity index (χ2n) is 6.04. The fourth-order valence-electron chi connectivity index (χ4n) is 2.89. The summed E-state index contributed by atoms with van der Waals surface area (Å²) < 4.78 is 1.76. The lowest BCUT2D eigenvalue weighted by molar-refractivity contribution is 0.252. The molecule has 0 aliphatic rings. The molecule has 0 aliphatic heterocycles. The predicted octanol–water partition coefficient (Wildman–Crippen LogP) is 3.29. The van der Waals surface area contributed by atoms with Crippen molar-refractivity contribution in [3.8, 4) is 11.1 Å². The van der Waals surface area contributed by atoms with E-state index >= 15 is 0 Å². The molecular formula is C19H18N6O. The third kappa shape index (κ3) is 3.27. The van der Waals surface area contributed by atoms with E-state index in [0.717, 1.165) is 33.3 Å². The molecule has 2 aromatic heterocycles. The zero-order valence-electron chi connectivity index (χ0n) is 14.2. The maximum atomic E-state index is 12.2. The van der Waals surface area contributed by atoms with Gasteiger partial charge in [-0.15, -0.1) is 0 Å². The summed E-state index contributed by atoms with van der Waals surface area (Å²) in [4.78, 5) is 12.2. The van der Waals surface area contributed by atoms with Gasteiger partial charge in [0.1, 0.15) is 0 Å². The van der Waals surface area contributed by atoms with Gasteiger partial charge >= 0.3 is 6.03 Å². The Balaban J connectivity index is 1.44. The van der Waals surface area contributed by atoms with Gasteiger partial charge in [-0.25, -0.2) is 4.79 Å². The first-order valence-corrected chi connectivity index (χ1v) is 8.24. The monoisotopic (exact) mass is 346 g/mol. The molecule has 0 fully saturated rings. The molecule has 7 nitrogen and oxygen atoms in total. The molecule has 0 bridgehead atoms. The number of aromatic nitrogens is 4. The van der Waals surface area contributed by atoms with Crippen molar-refractivity contribution in [3.63, 3.8) is 0 Å². The first kappa shape index (κ1) is 15.9. The molecule has 0 saturated heterocycles. The number of aryl methyl sites for hydroxylation is 1. The quantitative estimate of drug-likeness (QED) is 0.530. The predicted molar refractivity (Wildman–Crippen MR) is 101 cm³/mol. The molecule has 0 saturated carbocycles. The third-order valence-electron chi connectivity index (χ3n) is 4.17. The second kappa shape index (κ2) is 6.72. The van der Waals surface area contributed by atoms with Crippen LogP contribution < -0.4 is 10.6 Å². The van der Waals surface area contributed by atoms with Crippen molar-refractivity contribution in [1.82, 2.24) is 25.3 Å². The molecule has 0 aliphatic carbocycles. The Hall–Kier alpha value is -3.61. The van der Waals surface area contributed by atoms with Gasteiger partial charge in [0.25, 0.3) is 0 Å². The van der Waals surface area contributed by atoms with Gasteiger partial charge in [-0.3, -0.25) is 9.78 Å². The lowest BCUT2D eigenvalue weighted by Crippen LogP contribution is -2.28. The standard InChI is InChI=1S/C19H18N6O/c1-25-12-15(11-22-25)17-5-3-2-4-13(17)9-20-19(26)23-16-6-7-18-14(8-16)10-21-24-18/h2-8,10-12H,9H2,1H3,(H,21,24)(H2,20,23,26). The fraction of sp³-hybridized carbons (Fsp3) is 0.105. The Labute approximate surface area is 150 Å². The first-order chi connectivity index (χ1) is 12.7. The fourth-order valence-corrected chi connectivity index (χ4v) is 2.89. The average Bonchev–Trinajstić information content (AvgIpc) is 3.28. The molecule has 0 unspecified atom stereocenters. The van der Waals surface area contributed by atoms with Crippen molar-refractivity contribution >= 4 is 22.6 Å². The number of H-pyrrole nitrogens is 1. The second-order valence-corrected chi connectivity index (χ2v) is 6.04. The van der Waals surface area contributed by atoms with E-state index in [9.17, 15) is 4.79 Å². The summed E-state index contributed by atoms with van der Waals surface area (Å²) in [5.74, 6) is 0. The summed E-state index contributed by atoms with van der Waals surface area (Å²) in [5, 5.41) is 17.8. The van der Waals surface area contributed by atoms with Crippen LogP contribution in [0.25, 0.3) is 22.0 Å². The summed E-state index contributed by atoms with van der Waals surface area (Å²) in [5.41, 5.74) is 4.76. The highest BCUT2D eigenvalue weighted by Gasteiger charge is 2.08. The van der Waals surface area contributed by atoms with Crippen LogP contribution in [0.15, 0.2) is 61.1 Å². The zero-order chi connectivity index (χ0) is 17.9. The van der Waals surface area contributed by atoms with Gasteiger partial charge < -0.3 is 10.6 Å². The Morgan fingerprint density at radius 2 is 2.08 bits per heavy atom. The van der Waals surface area contributed by atoms with Crippen LogP contribution in [-0.4, -0.2) is 26.0 Å². The summed E-state index contributed by atoms with van der Waals surface area (Å²) in [7, 11) is 1.88. The van der Waals surface area contributed by atoms with Crippen molar-refractivity contribution in [2.45, 2.75) is 6.54 Å². The lowest BCUT2D eigenvalue weighted by Gasteiger charge is -2.11. The van der Waals surface area contributed by atoms with Crippen molar-refractivity contribution in [2.24, 2.45) is 7.05 Å². The number of hydrogen-bond acceptors (Lipinski definition) is 3. The summed E-state index contributed by atoms with van der Waals surface area (Å²) in [6, 6.07) is 13.3. The number of nitrogens with one attached hydrogen (secondary N) is 3. The average molecular weight is 346 g/mol. The highest BCUT2D eigenvalue weighted by atomic mass is 16.2. The van der Waals surface area contributed by atoms with Gasteiger partial charge in [0.15, 0.2) is 0 Å². The van der Waals surface area contributed by atoms with E-state index in [4.69, 9.17) is 0 Å². The highest BCUT2D eigenvalue weighted by molar-refractivity contribution is 5.92. The molecule has 3 N–H and O–H groups in total. The Morgan fingerprint density at radius 3 is 2.92 bits per heavy atom. The van der Waals surface area contributed by atoms with E-state index in [0.29, 0.717) is 6.54 Å². The van der Waals surface area contributed by atoms with E-state index in [2.05, 4.69) is 25.9 Å². The minimum Gasteiger partial charge on any atom is -0.334 e. The Morgan fingerprint density at radius 1 is 1.19 bits per heavy atom. The van der Waals surface area contributed by atoms with Crippen LogP contribution in [0.4, 0.5) is 10.5 Å². The number of amides is 2.